The lowest BCUT2D eigenvalue weighted by Gasteiger charge is -2.01. The number of aromatic nitrogens is 3. The third-order valence-electron chi connectivity index (χ3n) is 1.66. The average Bonchev–Trinajstić information content (AvgIpc) is 2.18. The standard InChI is InChI=1S/C8H8N4S/c1-13-8-11-6(9)5-3-2-4-10-7(5)12-8/h2-4H,1H3,(H2,9,10,11,12). The molecule has 0 unspecified atom stereocenters. The molecule has 0 aliphatic rings. The second kappa shape index (κ2) is 3.18. The van der Waals surface area contributed by atoms with Gasteiger partial charge in [-0.1, -0.05) is 11.8 Å². The van der Waals surface area contributed by atoms with Gasteiger partial charge in [0.1, 0.15) is 5.82 Å². The van der Waals surface area contributed by atoms with Gasteiger partial charge >= 0.3 is 0 Å². The summed E-state index contributed by atoms with van der Waals surface area (Å²) < 4.78 is 0. The zero-order valence-electron chi connectivity index (χ0n) is 7.06. The zero-order valence-corrected chi connectivity index (χ0v) is 7.88. The molecule has 0 aliphatic carbocycles. The number of rotatable bonds is 1. The minimum atomic E-state index is 0.488. The summed E-state index contributed by atoms with van der Waals surface area (Å²) in [5, 5.41) is 1.46. The summed E-state index contributed by atoms with van der Waals surface area (Å²) in [6.07, 6.45) is 3.60. The van der Waals surface area contributed by atoms with Crippen LogP contribution in [0.4, 0.5) is 5.82 Å². The van der Waals surface area contributed by atoms with Crippen molar-refractivity contribution in [1.82, 2.24) is 15.0 Å². The summed E-state index contributed by atoms with van der Waals surface area (Å²) in [7, 11) is 0. The van der Waals surface area contributed by atoms with Gasteiger partial charge in [-0.05, 0) is 18.4 Å². The summed E-state index contributed by atoms with van der Waals surface area (Å²) >= 11 is 1.46. The second-order valence-electron chi connectivity index (χ2n) is 2.47. The van der Waals surface area contributed by atoms with Crippen LogP contribution in [0.15, 0.2) is 23.5 Å². The molecule has 0 aromatic carbocycles. The molecule has 0 aliphatic heterocycles. The maximum Gasteiger partial charge on any atom is 0.191 e. The van der Waals surface area contributed by atoms with E-state index in [9.17, 15) is 0 Å². The molecule has 0 spiro atoms. The molecular formula is C8H8N4S. The Balaban J connectivity index is 2.77. The maximum absolute atomic E-state index is 5.73. The van der Waals surface area contributed by atoms with E-state index in [1.54, 1.807) is 6.20 Å². The molecule has 0 amide bonds. The van der Waals surface area contributed by atoms with Gasteiger partial charge in [-0.2, -0.15) is 0 Å². The minimum absolute atomic E-state index is 0.488. The molecule has 0 radical (unpaired) electrons. The van der Waals surface area contributed by atoms with Crippen molar-refractivity contribution in [1.29, 1.82) is 0 Å². The third-order valence-corrected chi connectivity index (χ3v) is 2.21. The topological polar surface area (TPSA) is 64.7 Å². The Bertz CT molecular complexity index is 443. The van der Waals surface area contributed by atoms with E-state index in [0.717, 1.165) is 5.39 Å². The molecule has 0 atom stereocenters. The normalized spacial score (nSPS) is 10.5. The van der Waals surface area contributed by atoms with Crippen molar-refractivity contribution < 1.29 is 0 Å². The smallest absolute Gasteiger partial charge is 0.191 e. The van der Waals surface area contributed by atoms with E-state index in [-0.39, 0.29) is 0 Å². The van der Waals surface area contributed by atoms with Gasteiger partial charge in [-0.15, -0.1) is 0 Å². The van der Waals surface area contributed by atoms with E-state index in [1.807, 2.05) is 18.4 Å². The Labute approximate surface area is 79.6 Å². The van der Waals surface area contributed by atoms with Gasteiger partial charge in [0.15, 0.2) is 10.8 Å². The van der Waals surface area contributed by atoms with E-state index in [0.29, 0.717) is 16.6 Å². The van der Waals surface area contributed by atoms with E-state index in [4.69, 9.17) is 5.73 Å². The highest BCUT2D eigenvalue weighted by Gasteiger charge is 2.03. The zero-order chi connectivity index (χ0) is 9.26. The summed E-state index contributed by atoms with van der Waals surface area (Å²) in [5.41, 5.74) is 6.38. The van der Waals surface area contributed by atoms with Gasteiger partial charge in [0.2, 0.25) is 0 Å². The molecule has 2 rings (SSSR count). The fourth-order valence-corrected chi connectivity index (χ4v) is 1.42. The molecule has 0 saturated carbocycles. The van der Waals surface area contributed by atoms with Crippen LogP contribution in [0.1, 0.15) is 0 Å². The first kappa shape index (κ1) is 8.25. The van der Waals surface area contributed by atoms with E-state index < -0.39 is 0 Å². The van der Waals surface area contributed by atoms with Crippen LogP contribution >= 0.6 is 11.8 Å². The molecule has 2 aromatic heterocycles. The Morgan fingerprint density at radius 1 is 1.38 bits per heavy atom. The molecule has 0 fully saturated rings. The van der Waals surface area contributed by atoms with E-state index >= 15 is 0 Å². The molecule has 13 heavy (non-hydrogen) atoms. The van der Waals surface area contributed by atoms with Crippen LogP contribution in [0.25, 0.3) is 11.0 Å². The van der Waals surface area contributed by atoms with Crippen LogP contribution in [-0.2, 0) is 0 Å². The predicted octanol–water partition coefficient (Wildman–Crippen LogP) is 1.33. The number of pyridine rings is 1. The quantitative estimate of drug-likeness (QED) is 0.545. The van der Waals surface area contributed by atoms with Crippen molar-refractivity contribution in [2.24, 2.45) is 0 Å². The van der Waals surface area contributed by atoms with Crippen molar-refractivity contribution in [2.45, 2.75) is 5.16 Å². The molecule has 2 heterocycles. The van der Waals surface area contributed by atoms with Crippen LogP contribution in [0.3, 0.4) is 0 Å². The summed E-state index contributed by atoms with van der Waals surface area (Å²) in [6.45, 7) is 0. The highest BCUT2D eigenvalue weighted by molar-refractivity contribution is 7.98. The van der Waals surface area contributed by atoms with Crippen molar-refractivity contribution in [3.63, 3.8) is 0 Å². The summed E-state index contributed by atoms with van der Waals surface area (Å²) in [5.74, 6) is 0.488. The first-order chi connectivity index (χ1) is 6.31. The fraction of sp³-hybridized carbons (Fsp3) is 0.125. The highest BCUT2D eigenvalue weighted by Crippen LogP contribution is 2.18. The Morgan fingerprint density at radius 3 is 3.00 bits per heavy atom. The third kappa shape index (κ3) is 1.42. The SMILES string of the molecule is CSc1nc(N)c2cccnc2n1. The van der Waals surface area contributed by atoms with Crippen LogP contribution in [0.5, 0.6) is 0 Å². The van der Waals surface area contributed by atoms with Crippen molar-refractivity contribution >= 4 is 28.6 Å². The molecule has 4 nitrogen and oxygen atoms in total. The Morgan fingerprint density at radius 2 is 2.23 bits per heavy atom. The van der Waals surface area contributed by atoms with Crippen molar-refractivity contribution in [3.8, 4) is 0 Å². The maximum atomic E-state index is 5.73. The molecule has 66 valence electrons. The number of thioether (sulfide) groups is 1. The van der Waals surface area contributed by atoms with Crippen LogP contribution in [0, 0.1) is 0 Å². The lowest BCUT2D eigenvalue weighted by atomic mass is 10.3. The number of anilines is 1. The molecule has 5 heteroatoms. The number of hydrogen-bond donors (Lipinski definition) is 1. The molecule has 2 aromatic rings. The van der Waals surface area contributed by atoms with E-state index in [1.165, 1.54) is 11.8 Å². The Hall–Kier alpha value is -1.36. The average molecular weight is 192 g/mol. The summed E-state index contributed by atoms with van der Waals surface area (Å²) in [6, 6.07) is 3.68. The lowest BCUT2D eigenvalue weighted by molar-refractivity contribution is 1.000. The van der Waals surface area contributed by atoms with Gasteiger partial charge in [-0.25, -0.2) is 15.0 Å². The number of nitrogen functional groups attached to an aromatic ring is 1. The van der Waals surface area contributed by atoms with Gasteiger partial charge < -0.3 is 5.73 Å². The second-order valence-corrected chi connectivity index (χ2v) is 3.24. The van der Waals surface area contributed by atoms with Crippen LogP contribution in [0.2, 0.25) is 0 Å². The largest absolute Gasteiger partial charge is 0.383 e. The first-order valence-corrected chi connectivity index (χ1v) is 4.96. The molecule has 0 bridgehead atoms. The van der Waals surface area contributed by atoms with Gasteiger partial charge in [-0.3, -0.25) is 0 Å². The number of nitrogens with two attached hydrogens (primary N) is 1. The minimum Gasteiger partial charge on any atom is -0.383 e. The van der Waals surface area contributed by atoms with Gasteiger partial charge in [0.25, 0.3) is 0 Å². The molecule has 2 N–H and O–H groups in total. The predicted molar refractivity (Wildman–Crippen MR) is 53.5 cm³/mol. The monoisotopic (exact) mass is 192 g/mol. The fourth-order valence-electron chi connectivity index (χ4n) is 1.06. The number of hydrogen-bond acceptors (Lipinski definition) is 5. The van der Waals surface area contributed by atoms with Gasteiger partial charge in [0, 0.05) is 6.20 Å². The molecule has 0 saturated heterocycles. The Kier molecular flexibility index (Phi) is 2.02. The first-order valence-electron chi connectivity index (χ1n) is 3.73. The highest BCUT2D eigenvalue weighted by atomic mass is 32.2. The van der Waals surface area contributed by atoms with Crippen LogP contribution in [-0.4, -0.2) is 21.2 Å². The van der Waals surface area contributed by atoms with Crippen molar-refractivity contribution in [3.05, 3.63) is 18.3 Å². The lowest BCUT2D eigenvalue weighted by Crippen LogP contribution is -1.97. The van der Waals surface area contributed by atoms with Crippen molar-refractivity contribution in [2.75, 3.05) is 12.0 Å². The number of nitrogens with zero attached hydrogens (tertiary/aromatic N) is 3. The number of fused-ring (bicyclic) bond motifs is 1. The summed E-state index contributed by atoms with van der Waals surface area (Å²) in [4.78, 5) is 12.4. The van der Waals surface area contributed by atoms with Crippen LogP contribution < -0.4 is 5.73 Å². The van der Waals surface area contributed by atoms with Gasteiger partial charge in [0.05, 0.1) is 5.39 Å². The molecular weight excluding hydrogens is 184 g/mol. The van der Waals surface area contributed by atoms with E-state index in [2.05, 4.69) is 15.0 Å².